The summed E-state index contributed by atoms with van der Waals surface area (Å²) in [6, 6.07) is 0.180. The van der Waals surface area contributed by atoms with Crippen LogP contribution in [0.4, 0.5) is 0 Å². The van der Waals surface area contributed by atoms with E-state index >= 15 is 0 Å². The fourth-order valence-corrected chi connectivity index (χ4v) is 2.05. The van der Waals surface area contributed by atoms with E-state index in [1.165, 1.54) is 0 Å². The molecule has 1 atom stereocenters. The van der Waals surface area contributed by atoms with E-state index in [0.29, 0.717) is 5.92 Å². The lowest BCUT2D eigenvalue weighted by atomic mass is 9.88. The molecule has 0 aromatic heterocycles. The predicted molar refractivity (Wildman–Crippen MR) is 57.9 cm³/mol. The third-order valence-corrected chi connectivity index (χ3v) is 3.49. The molecule has 0 aromatic carbocycles. The fourth-order valence-electron chi connectivity index (χ4n) is 2.05. The number of hydrogen-bond acceptors (Lipinski definition) is 3. The summed E-state index contributed by atoms with van der Waals surface area (Å²) in [5.41, 5.74) is 0. The largest absolute Gasteiger partial charge is 0.480 e. The monoisotopic (exact) mass is 226 g/mol. The number of rotatable bonds is 5. The van der Waals surface area contributed by atoms with E-state index in [1.54, 1.807) is 4.90 Å². The van der Waals surface area contributed by atoms with Gasteiger partial charge in [-0.25, -0.2) is 0 Å². The lowest BCUT2D eigenvalue weighted by molar-refractivity contribution is -0.147. The first kappa shape index (κ1) is 11.4. The molecular formula is C11H18N2O3. The molecule has 1 saturated carbocycles. The Hall–Kier alpha value is -1.10. The summed E-state index contributed by atoms with van der Waals surface area (Å²) >= 11 is 0. The number of carboxylic acid groups (broad SMARTS) is 1. The van der Waals surface area contributed by atoms with Gasteiger partial charge >= 0.3 is 5.97 Å². The summed E-state index contributed by atoms with van der Waals surface area (Å²) in [6.07, 6.45) is 1.91. The Morgan fingerprint density at radius 1 is 1.44 bits per heavy atom. The van der Waals surface area contributed by atoms with Gasteiger partial charge in [0.05, 0.1) is 0 Å². The van der Waals surface area contributed by atoms with E-state index < -0.39 is 5.97 Å². The van der Waals surface area contributed by atoms with E-state index in [9.17, 15) is 9.59 Å². The summed E-state index contributed by atoms with van der Waals surface area (Å²) in [7, 11) is 0. The molecule has 1 aliphatic heterocycles. The highest BCUT2D eigenvalue weighted by Crippen LogP contribution is 2.29. The Balaban J connectivity index is 1.95. The molecule has 1 saturated heterocycles. The summed E-state index contributed by atoms with van der Waals surface area (Å²) < 4.78 is 0. The van der Waals surface area contributed by atoms with Gasteiger partial charge in [0.1, 0.15) is 6.54 Å². The Morgan fingerprint density at radius 2 is 2.06 bits per heavy atom. The molecular weight excluding hydrogens is 208 g/mol. The van der Waals surface area contributed by atoms with E-state index in [-0.39, 0.29) is 24.4 Å². The zero-order valence-corrected chi connectivity index (χ0v) is 9.48. The average Bonchev–Trinajstić information content (AvgIpc) is 2.93. The Labute approximate surface area is 94.8 Å². The summed E-state index contributed by atoms with van der Waals surface area (Å²) in [6.45, 7) is 3.51. The second kappa shape index (κ2) is 4.41. The standard InChI is InChI=1S/C11H18N2O3/c1-7(8-4-12-5-8)11(16)13(6-10(14)15)9-2-3-9/h7-9,12H,2-6H2,1H3,(H,14,15). The minimum Gasteiger partial charge on any atom is -0.480 e. The van der Waals surface area contributed by atoms with Crippen molar-refractivity contribution >= 4 is 11.9 Å². The third-order valence-electron chi connectivity index (χ3n) is 3.49. The number of nitrogens with one attached hydrogen (secondary N) is 1. The molecule has 0 bridgehead atoms. The molecule has 1 aliphatic carbocycles. The highest BCUT2D eigenvalue weighted by Gasteiger charge is 2.38. The van der Waals surface area contributed by atoms with Gasteiger partial charge in [-0.05, 0) is 31.8 Å². The third kappa shape index (κ3) is 2.35. The average molecular weight is 226 g/mol. The van der Waals surface area contributed by atoms with Crippen LogP contribution in [0.2, 0.25) is 0 Å². The van der Waals surface area contributed by atoms with Crippen LogP contribution in [0, 0.1) is 11.8 Å². The molecule has 2 N–H and O–H groups in total. The Kier molecular flexibility index (Phi) is 3.14. The maximum atomic E-state index is 12.1. The molecule has 2 fully saturated rings. The second-order valence-corrected chi connectivity index (χ2v) is 4.80. The van der Waals surface area contributed by atoms with Gasteiger partial charge in [0.2, 0.25) is 5.91 Å². The quantitative estimate of drug-likeness (QED) is 0.688. The van der Waals surface area contributed by atoms with Crippen LogP contribution < -0.4 is 5.32 Å². The van der Waals surface area contributed by atoms with Crippen molar-refractivity contribution in [2.75, 3.05) is 19.6 Å². The predicted octanol–water partition coefficient (Wildman–Crippen LogP) is -0.0825. The zero-order chi connectivity index (χ0) is 11.7. The van der Waals surface area contributed by atoms with Gasteiger partial charge in [0.25, 0.3) is 0 Å². The number of hydrogen-bond donors (Lipinski definition) is 2. The molecule has 0 radical (unpaired) electrons. The van der Waals surface area contributed by atoms with E-state index in [1.807, 2.05) is 6.92 Å². The molecule has 1 unspecified atom stereocenters. The van der Waals surface area contributed by atoms with Crippen molar-refractivity contribution in [2.24, 2.45) is 11.8 Å². The number of nitrogens with zero attached hydrogens (tertiary/aromatic N) is 1. The zero-order valence-electron chi connectivity index (χ0n) is 9.48. The minimum absolute atomic E-state index is 0.0106. The fraction of sp³-hybridized carbons (Fsp3) is 0.818. The van der Waals surface area contributed by atoms with Gasteiger partial charge in [-0.3, -0.25) is 9.59 Å². The van der Waals surface area contributed by atoms with Crippen LogP contribution in [0.25, 0.3) is 0 Å². The van der Waals surface area contributed by atoms with Crippen molar-refractivity contribution in [1.82, 2.24) is 10.2 Å². The van der Waals surface area contributed by atoms with Gasteiger partial charge in [-0.2, -0.15) is 0 Å². The first-order valence-corrected chi connectivity index (χ1v) is 5.82. The Morgan fingerprint density at radius 3 is 2.44 bits per heavy atom. The second-order valence-electron chi connectivity index (χ2n) is 4.80. The van der Waals surface area contributed by atoms with Crippen LogP contribution in [0.3, 0.4) is 0 Å². The van der Waals surface area contributed by atoms with Crippen LogP contribution in [-0.4, -0.2) is 47.6 Å². The van der Waals surface area contributed by atoms with Crippen molar-refractivity contribution in [3.63, 3.8) is 0 Å². The van der Waals surface area contributed by atoms with Crippen LogP contribution in [-0.2, 0) is 9.59 Å². The molecule has 2 rings (SSSR count). The smallest absolute Gasteiger partial charge is 0.323 e. The van der Waals surface area contributed by atoms with E-state index in [4.69, 9.17) is 5.11 Å². The van der Waals surface area contributed by atoms with Gasteiger partial charge in [-0.15, -0.1) is 0 Å². The summed E-state index contributed by atoms with van der Waals surface area (Å²) in [5, 5.41) is 11.9. The number of carboxylic acids is 1. The van der Waals surface area contributed by atoms with Crippen molar-refractivity contribution < 1.29 is 14.7 Å². The number of carbonyl (C=O) groups is 2. The number of aliphatic carboxylic acids is 1. The topological polar surface area (TPSA) is 69.6 Å². The van der Waals surface area contributed by atoms with E-state index in [0.717, 1.165) is 25.9 Å². The van der Waals surface area contributed by atoms with Gasteiger partial charge < -0.3 is 15.3 Å². The van der Waals surface area contributed by atoms with E-state index in [2.05, 4.69) is 5.32 Å². The molecule has 0 aromatic rings. The first-order valence-electron chi connectivity index (χ1n) is 5.82. The highest BCUT2D eigenvalue weighted by molar-refractivity contribution is 5.83. The molecule has 90 valence electrons. The van der Waals surface area contributed by atoms with Crippen molar-refractivity contribution in [3.05, 3.63) is 0 Å². The molecule has 16 heavy (non-hydrogen) atoms. The highest BCUT2D eigenvalue weighted by atomic mass is 16.4. The first-order chi connectivity index (χ1) is 7.59. The van der Waals surface area contributed by atoms with Crippen LogP contribution >= 0.6 is 0 Å². The lowest BCUT2D eigenvalue weighted by Gasteiger charge is -2.34. The van der Waals surface area contributed by atoms with Crippen LogP contribution in [0.5, 0.6) is 0 Å². The Bertz CT molecular complexity index is 298. The minimum atomic E-state index is -0.917. The molecule has 5 nitrogen and oxygen atoms in total. The molecule has 1 heterocycles. The molecule has 1 amide bonds. The summed E-state index contributed by atoms with van der Waals surface area (Å²) in [4.78, 5) is 24.4. The molecule has 0 spiro atoms. The number of carbonyl (C=O) groups excluding carboxylic acids is 1. The normalized spacial score (nSPS) is 22.3. The van der Waals surface area contributed by atoms with Crippen molar-refractivity contribution in [3.8, 4) is 0 Å². The van der Waals surface area contributed by atoms with Crippen molar-refractivity contribution in [1.29, 1.82) is 0 Å². The SMILES string of the molecule is CC(C(=O)N(CC(=O)O)C1CC1)C1CNC1. The van der Waals surface area contributed by atoms with Crippen molar-refractivity contribution in [2.45, 2.75) is 25.8 Å². The molecule has 2 aliphatic rings. The summed E-state index contributed by atoms with van der Waals surface area (Å²) in [5.74, 6) is -0.584. The van der Waals surface area contributed by atoms with Gasteiger partial charge in [0, 0.05) is 12.0 Å². The maximum Gasteiger partial charge on any atom is 0.323 e. The van der Waals surface area contributed by atoms with Crippen LogP contribution in [0.15, 0.2) is 0 Å². The van der Waals surface area contributed by atoms with Gasteiger partial charge in [-0.1, -0.05) is 6.92 Å². The lowest BCUT2D eigenvalue weighted by Crippen LogP contribution is -2.51. The number of amides is 1. The molecule has 5 heteroatoms. The van der Waals surface area contributed by atoms with Gasteiger partial charge in [0.15, 0.2) is 0 Å². The maximum absolute atomic E-state index is 12.1. The van der Waals surface area contributed by atoms with Crippen LogP contribution in [0.1, 0.15) is 19.8 Å².